The van der Waals surface area contributed by atoms with Crippen LogP contribution in [0.2, 0.25) is 0 Å². The Balaban J connectivity index is 4.42. The van der Waals surface area contributed by atoms with Gasteiger partial charge in [0.05, 0.1) is 6.42 Å². The molecule has 6 heteroatoms. The number of hydrogen-bond acceptors (Lipinski definition) is 6. The maximum Gasteiger partial charge on any atom is 0.309 e. The van der Waals surface area contributed by atoms with Crippen LogP contribution in [-0.2, 0) is 28.6 Å². The van der Waals surface area contributed by atoms with Crippen molar-refractivity contribution in [3.05, 3.63) is 48.6 Å². The number of allylic oxidation sites excluding steroid dienone is 7. The van der Waals surface area contributed by atoms with E-state index in [4.69, 9.17) is 14.2 Å². The van der Waals surface area contributed by atoms with E-state index in [9.17, 15) is 14.4 Å². The van der Waals surface area contributed by atoms with E-state index >= 15 is 0 Å². The molecule has 1 unspecified atom stereocenters. The van der Waals surface area contributed by atoms with Crippen LogP contribution in [0, 0.1) is 0 Å². The van der Waals surface area contributed by atoms with Gasteiger partial charge in [-0.2, -0.15) is 0 Å². The third-order valence-electron chi connectivity index (χ3n) is 9.85. The topological polar surface area (TPSA) is 78.9 Å². The third kappa shape index (κ3) is 42.4. The number of hydrogen-bond donors (Lipinski definition) is 0. The highest BCUT2D eigenvalue weighted by Gasteiger charge is 2.19. The molecular formula is C49H86O6. The monoisotopic (exact) mass is 771 g/mol. The summed E-state index contributed by atoms with van der Waals surface area (Å²) in [5.41, 5.74) is 0. The average Bonchev–Trinajstić information content (AvgIpc) is 3.18. The Kier molecular flexibility index (Phi) is 42.0. The van der Waals surface area contributed by atoms with Gasteiger partial charge in [-0.05, 0) is 57.8 Å². The minimum atomic E-state index is -0.809. The minimum Gasteiger partial charge on any atom is -0.462 e. The standard InChI is InChI=1S/C49H86O6/c1-4-7-10-13-16-19-21-23-25-27-30-33-36-39-42-48(51)54-45-46(44-53-47(50)41-38-35-32-29-18-15-12-9-6-3)55-49(52)43-40-37-34-31-28-26-24-22-20-17-14-11-8-5-2/h9,12,18,25,27,29,35,38,46H,4-8,10-11,13-17,19-24,26,28,30-34,36-37,39-45H2,1-3H3/b12-9-,27-25-,29-18-,38-35-. The molecular weight excluding hydrogens is 685 g/mol. The zero-order valence-corrected chi connectivity index (χ0v) is 36.2. The summed E-state index contributed by atoms with van der Waals surface area (Å²) in [4.78, 5) is 37.6. The Morgan fingerprint density at radius 3 is 1.27 bits per heavy atom. The quantitative estimate of drug-likeness (QED) is 0.0267. The lowest BCUT2D eigenvalue weighted by atomic mass is 10.0. The normalized spacial score (nSPS) is 12.4. The van der Waals surface area contributed by atoms with Gasteiger partial charge < -0.3 is 14.2 Å². The van der Waals surface area contributed by atoms with Crippen LogP contribution >= 0.6 is 0 Å². The lowest BCUT2D eigenvalue weighted by molar-refractivity contribution is -0.166. The molecule has 0 saturated heterocycles. The van der Waals surface area contributed by atoms with Crippen LogP contribution in [0.4, 0.5) is 0 Å². The molecule has 0 aliphatic carbocycles. The summed E-state index contributed by atoms with van der Waals surface area (Å²) < 4.78 is 16.6. The number of carbonyl (C=O) groups excluding carboxylic acids is 3. The van der Waals surface area contributed by atoms with Crippen LogP contribution in [0.25, 0.3) is 0 Å². The molecule has 6 nitrogen and oxygen atoms in total. The van der Waals surface area contributed by atoms with Gasteiger partial charge in [-0.1, -0.05) is 198 Å². The van der Waals surface area contributed by atoms with Crippen molar-refractivity contribution >= 4 is 17.9 Å². The predicted octanol–water partition coefficient (Wildman–Crippen LogP) is 14.8. The number of carbonyl (C=O) groups is 3. The molecule has 0 bridgehead atoms. The Morgan fingerprint density at radius 1 is 0.400 bits per heavy atom. The van der Waals surface area contributed by atoms with Gasteiger partial charge in [0, 0.05) is 12.8 Å². The van der Waals surface area contributed by atoms with Crippen LogP contribution in [0.1, 0.15) is 226 Å². The van der Waals surface area contributed by atoms with Crippen molar-refractivity contribution in [1.82, 2.24) is 0 Å². The first-order valence-electron chi connectivity index (χ1n) is 23.1. The van der Waals surface area contributed by atoms with Crippen molar-refractivity contribution in [2.75, 3.05) is 13.2 Å². The molecule has 318 valence electrons. The van der Waals surface area contributed by atoms with E-state index in [-0.39, 0.29) is 31.6 Å². The van der Waals surface area contributed by atoms with Gasteiger partial charge in [-0.25, -0.2) is 0 Å². The Bertz CT molecular complexity index is 980. The second kappa shape index (κ2) is 44.1. The van der Waals surface area contributed by atoms with Crippen molar-refractivity contribution in [2.45, 2.75) is 232 Å². The molecule has 0 aliphatic rings. The molecule has 0 spiro atoms. The van der Waals surface area contributed by atoms with Gasteiger partial charge in [0.15, 0.2) is 6.10 Å². The first-order chi connectivity index (χ1) is 27.0. The maximum absolute atomic E-state index is 12.7. The summed E-state index contributed by atoms with van der Waals surface area (Å²) in [6, 6.07) is 0. The second-order valence-corrected chi connectivity index (χ2v) is 15.3. The van der Waals surface area contributed by atoms with Crippen molar-refractivity contribution < 1.29 is 28.6 Å². The summed E-state index contributed by atoms with van der Waals surface area (Å²) in [6.45, 7) is 6.40. The molecule has 0 rings (SSSR count). The SMILES string of the molecule is CC/C=C\C/C=C\C/C=C\CC(=O)OCC(COC(=O)CCCCC/C=C\CCCCCCCCC)OC(=O)CCCCCCCCCCCCCCCC. The fourth-order valence-electron chi connectivity index (χ4n) is 6.38. The molecule has 0 aromatic carbocycles. The molecule has 1 atom stereocenters. The highest BCUT2D eigenvalue weighted by atomic mass is 16.6. The molecule has 55 heavy (non-hydrogen) atoms. The van der Waals surface area contributed by atoms with E-state index in [0.29, 0.717) is 12.8 Å². The van der Waals surface area contributed by atoms with Gasteiger partial charge in [-0.3, -0.25) is 14.4 Å². The molecule has 0 amide bonds. The van der Waals surface area contributed by atoms with Crippen LogP contribution in [0.5, 0.6) is 0 Å². The summed E-state index contributed by atoms with van der Waals surface area (Å²) in [7, 11) is 0. The number of ether oxygens (including phenoxy) is 3. The van der Waals surface area contributed by atoms with Crippen molar-refractivity contribution in [3.8, 4) is 0 Å². The van der Waals surface area contributed by atoms with Crippen LogP contribution in [0.15, 0.2) is 48.6 Å². The third-order valence-corrected chi connectivity index (χ3v) is 9.85. The minimum absolute atomic E-state index is 0.106. The van der Waals surface area contributed by atoms with Crippen molar-refractivity contribution in [1.29, 1.82) is 0 Å². The first-order valence-corrected chi connectivity index (χ1v) is 23.1. The zero-order valence-electron chi connectivity index (χ0n) is 36.2. The Labute approximate surface area is 339 Å². The molecule has 0 radical (unpaired) electrons. The molecule has 0 aromatic heterocycles. The highest BCUT2D eigenvalue weighted by molar-refractivity contribution is 5.72. The van der Waals surface area contributed by atoms with Crippen LogP contribution in [0.3, 0.4) is 0 Å². The smallest absolute Gasteiger partial charge is 0.309 e. The fourth-order valence-corrected chi connectivity index (χ4v) is 6.38. The zero-order chi connectivity index (χ0) is 40.1. The van der Waals surface area contributed by atoms with Gasteiger partial charge in [0.25, 0.3) is 0 Å². The number of unbranched alkanes of at least 4 members (excludes halogenated alkanes) is 23. The van der Waals surface area contributed by atoms with E-state index in [1.54, 1.807) is 6.08 Å². The van der Waals surface area contributed by atoms with E-state index < -0.39 is 12.1 Å². The average molecular weight is 771 g/mol. The maximum atomic E-state index is 12.7. The largest absolute Gasteiger partial charge is 0.462 e. The molecule has 0 saturated carbocycles. The van der Waals surface area contributed by atoms with Gasteiger partial charge in [0.2, 0.25) is 0 Å². The van der Waals surface area contributed by atoms with Gasteiger partial charge in [-0.15, -0.1) is 0 Å². The molecule has 0 N–H and O–H groups in total. The summed E-state index contributed by atoms with van der Waals surface area (Å²) in [6.07, 6.45) is 51.3. The van der Waals surface area contributed by atoms with Crippen LogP contribution < -0.4 is 0 Å². The molecule has 0 aliphatic heterocycles. The number of rotatable bonds is 41. The highest BCUT2D eigenvalue weighted by Crippen LogP contribution is 2.15. The fraction of sp³-hybridized carbons (Fsp3) is 0.776. The van der Waals surface area contributed by atoms with E-state index in [1.165, 1.54) is 116 Å². The lowest BCUT2D eigenvalue weighted by Crippen LogP contribution is -2.30. The number of esters is 3. The Morgan fingerprint density at radius 2 is 0.782 bits per heavy atom. The molecule has 0 fully saturated rings. The van der Waals surface area contributed by atoms with Gasteiger partial charge in [0.1, 0.15) is 13.2 Å². The van der Waals surface area contributed by atoms with E-state index in [2.05, 4.69) is 57.2 Å². The summed E-state index contributed by atoms with van der Waals surface area (Å²) >= 11 is 0. The van der Waals surface area contributed by atoms with Crippen molar-refractivity contribution in [2.24, 2.45) is 0 Å². The second-order valence-electron chi connectivity index (χ2n) is 15.3. The van der Waals surface area contributed by atoms with Crippen molar-refractivity contribution in [3.63, 3.8) is 0 Å². The van der Waals surface area contributed by atoms with E-state index in [0.717, 1.165) is 70.6 Å². The first kappa shape index (κ1) is 52.4. The molecule has 0 heterocycles. The summed E-state index contributed by atoms with van der Waals surface area (Å²) in [5, 5.41) is 0. The van der Waals surface area contributed by atoms with Crippen LogP contribution in [-0.4, -0.2) is 37.2 Å². The van der Waals surface area contributed by atoms with Gasteiger partial charge >= 0.3 is 17.9 Å². The molecule has 0 aromatic rings. The summed E-state index contributed by atoms with van der Waals surface area (Å²) in [5.74, 6) is -1.05. The van der Waals surface area contributed by atoms with E-state index in [1.807, 2.05) is 6.08 Å². The Hall–Kier alpha value is -2.63. The predicted molar refractivity (Wildman–Crippen MR) is 233 cm³/mol. The lowest BCUT2D eigenvalue weighted by Gasteiger charge is -2.18.